The van der Waals surface area contributed by atoms with Gasteiger partial charge >= 0.3 is 0 Å². The number of nitrogens with one attached hydrogen (secondary N) is 1. The molecule has 0 spiro atoms. The van der Waals surface area contributed by atoms with E-state index in [0.717, 1.165) is 0 Å². The Morgan fingerprint density at radius 1 is 1.24 bits per heavy atom. The third-order valence-electron chi connectivity index (χ3n) is 2.77. The Morgan fingerprint density at radius 2 is 2.10 bits per heavy atom. The largest absolute Gasteiger partial charge is 0.492 e. The molecule has 112 valence electrons. The van der Waals surface area contributed by atoms with Gasteiger partial charge in [0.15, 0.2) is 11.5 Å². The van der Waals surface area contributed by atoms with Crippen LogP contribution in [0, 0.1) is 0 Å². The third kappa shape index (κ3) is 3.29. The maximum absolute atomic E-state index is 11.9. The minimum atomic E-state index is -3.44. The number of sulfonamides is 1. The zero-order chi connectivity index (χ0) is 14.7. The number of thiophene rings is 1. The van der Waals surface area contributed by atoms with E-state index in [1.54, 1.807) is 35.7 Å². The van der Waals surface area contributed by atoms with E-state index in [-0.39, 0.29) is 19.9 Å². The summed E-state index contributed by atoms with van der Waals surface area (Å²) in [5, 5.41) is 1.72. The summed E-state index contributed by atoms with van der Waals surface area (Å²) in [4.78, 5) is 0. The molecule has 0 saturated carbocycles. The van der Waals surface area contributed by atoms with Gasteiger partial charge in [-0.2, -0.15) is 0 Å². The topological polar surface area (TPSA) is 73.9 Å². The molecular formula is C13H13NO5S2. The summed E-state index contributed by atoms with van der Waals surface area (Å²) < 4.78 is 42.4. The quantitative estimate of drug-likeness (QED) is 0.820. The van der Waals surface area contributed by atoms with Crippen molar-refractivity contribution in [2.75, 3.05) is 19.9 Å². The molecule has 0 fully saturated rings. The minimum Gasteiger partial charge on any atom is -0.492 e. The zero-order valence-corrected chi connectivity index (χ0v) is 12.6. The Labute approximate surface area is 126 Å². The molecule has 2 aromatic rings. The Bertz CT molecular complexity index is 712. The molecule has 3 rings (SSSR count). The first-order chi connectivity index (χ1) is 10.1. The smallest absolute Gasteiger partial charge is 0.250 e. The molecule has 0 saturated heterocycles. The Kier molecular flexibility index (Phi) is 4.00. The molecule has 0 aliphatic carbocycles. The molecule has 0 amide bonds. The van der Waals surface area contributed by atoms with E-state index in [1.165, 1.54) is 11.3 Å². The van der Waals surface area contributed by atoms with E-state index in [2.05, 4.69) is 4.72 Å². The average molecular weight is 327 g/mol. The first kappa shape index (κ1) is 14.2. The summed E-state index contributed by atoms with van der Waals surface area (Å²) in [5.74, 6) is 1.92. The number of ether oxygens (including phenoxy) is 3. The molecule has 1 N–H and O–H groups in total. The van der Waals surface area contributed by atoms with Crippen molar-refractivity contribution in [2.24, 2.45) is 0 Å². The lowest BCUT2D eigenvalue weighted by Gasteiger charge is -2.08. The Hall–Kier alpha value is -1.77. The van der Waals surface area contributed by atoms with Crippen molar-refractivity contribution in [1.29, 1.82) is 0 Å². The Morgan fingerprint density at radius 3 is 2.90 bits per heavy atom. The predicted octanol–water partition coefficient (Wildman–Crippen LogP) is 1.83. The maximum Gasteiger partial charge on any atom is 0.250 e. The second kappa shape index (κ2) is 5.92. The number of hydrogen-bond donors (Lipinski definition) is 1. The molecule has 1 aliphatic heterocycles. The van der Waals surface area contributed by atoms with Gasteiger partial charge in [0, 0.05) is 12.6 Å². The van der Waals surface area contributed by atoms with E-state index in [1.807, 2.05) is 0 Å². The molecular weight excluding hydrogens is 314 g/mol. The molecule has 8 heteroatoms. The number of rotatable bonds is 6. The summed E-state index contributed by atoms with van der Waals surface area (Å²) >= 11 is 1.18. The summed E-state index contributed by atoms with van der Waals surface area (Å²) in [5.41, 5.74) is 0. The van der Waals surface area contributed by atoms with Gasteiger partial charge in [0.1, 0.15) is 16.6 Å². The monoisotopic (exact) mass is 327 g/mol. The fraction of sp³-hybridized carbons (Fsp3) is 0.231. The van der Waals surface area contributed by atoms with Crippen molar-refractivity contribution in [1.82, 2.24) is 4.72 Å². The number of hydrogen-bond acceptors (Lipinski definition) is 6. The van der Waals surface area contributed by atoms with Gasteiger partial charge < -0.3 is 14.2 Å². The molecule has 1 aromatic heterocycles. The van der Waals surface area contributed by atoms with Crippen LogP contribution in [0.15, 0.2) is 39.9 Å². The molecule has 0 bridgehead atoms. The standard InChI is InChI=1S/C13H13NO5S2/c15-21(16,13-2-1-7-20-13)14-5-6-17-10-3-4-11-12(8-10)19-9-18-11/h1-4,7-8,14H,5-6,9H2. The van der Waals surface area contributed by atoms with Gasteiger partial charge in [0.05, 0.1) is 0 Å². The first-order valence-electron chi connectivity index (χ1n) is 6.21. The van der Waals surface area contributed by atoms with Crippen molar-refractivity contribution in [2.45, 2.75) is 4.21 Å². The van der Waals surface area contributed by atoms with Gasteiger partial charge in [0.25, 0.3) is 0 Å². The lowest BCUT2D eigenvalue weighted by Crippen LogP contribution is -2.27. The molecule has 0 radical (unpaired) electrons. The van der Waals surface area contributed by atoms with Crippen molar-refractivity contribution in [3.63, 3.8) is 0 Å². The molecule has 0 unspecified atom stereocenters. The van der Waals surface area contributed by atoms with Gasteiger partial charge in [-0.3, -0.25) is 0 Å². The van der Waals surface area contributed by atoms with Crippen molar-refractivity contribution < 1.29 is 22.6 Å². The summed E-state index contributed by atoms with van der Waals surface area (Å²) in [6, 6.07) is 8.49. The van der Waals surface area contributed by atoms with Crippen LogP contribution in [0.1, 0.15) is 0 Å². The molecule has 21 heavy (non-hydrogen) atoms. The van der Waals surface area contributed by atoms with Crippen LogP contribution < -0.4 is 18.9 Å². The molecule has 1 aromatic carbocycles. The van der Waals surface area contributed by atoms with Gasteiger partial charge in [-0.05, 0) is 23.6 Å². The average Bonchev–Trinajstić information content (AvgIpc) is 3.14. The normalized spacial score (nSPS) is 13.3. The highest BCUT2D eigenvalue weighted by atomic mass is 32.2. The van der Waals surface area contributed by atoms with Crippen LogP contribution in [-0.4, -0.2) is 28.4 Å². The fourth-order valence-corrected chi connectivity index (χ4v) is 3.85. The summed E-state index contributed by atoms with van der Waals surface area (Å²) in [7, 11) is -3.44. The predicted molar refractivity (Wildman–Crippen MR) is 77.6 cm³/mol. The molecule has 2 heterocycles. The SMILES string of the molecule is O=S(=O)(NCCOc1ccc2c(c1)OCO2)c1cccs1. The van der Waals surface area contributed by atoms with Crippen LogP contribution in [0.2, 0.25) is 0 Å². The molecule has 0 atom stereocenters. The third-order valence-corrected chi connectivity index (χ3v) is 5.63. The zero-order valence-electron chi connectivity index (χ0n) is 10.9. The van der Waals surface area contributed by atoms with Crippen LogP contribution in [0.4, 0.5) is 0 Å². The highest BCUT2D eigenvalue weighted by Gasteiger charge is 2.15. The maximum atomic E-state index is 11.9. The van der Waals surface area contributed by atoms with Crippen LogP contribution in [0.3, 0.4) is 0 Å². The fourth-order valence-electron chi connectivity index (χ4n) is 1.80. The molecule has 6 nitrogen and oxygen atoms in total. The minimum absolute atomic E-state index is 0.189. The molecule has 1 aliphatic rings. The highest BCUT2D eigenvalue weighted by molar-refractivity contribution is 7.91. The van der Waals surface area contributed by atoms with E-state index >= 15 is 0 Å². The van der Waals surface area contributed by atoms with Crippen LogP contribution in [-0.2, 0) is 10.0 Å². The second-order valence-corrected chi connectivity index (χ2v) is 7.13. The van der Waals surface area contributed by atoms with Gasteiger partial charge in [0.2, 0.25) is 16.8 Å². The van der Waals surface area contributed by atoms with Crippen LogP contribution in [0.25, 0.3) is 0 Å². The number of fused-ring (bicyclic) bond motifs is 1. The first-order valence-corrected chi connectivity index (χ1v) is 8.57. The summed E-state index contributed by atoms with van der Waals surface area (Å²) in [6.07, 6.45) is 0. The van der Waals surface area contributed by atoms with Crippen LogP contribution >= 0.6 is 11.3 Å². The van der Waals surface area contributed by atoms with Crippen molar-refractivity contribution >= 4 is 21.4 Å². The Balaban J connectivity index is 1.51. The highest BCUT2D eigenvalue weighted by Crippen LogP contribution is 2.34. The van der Waals surface area contributed by atoms with Gasteiger partial charge in [-0.1, -0.05) is 6.07 Å². The van der Waals surface area contributed by atoms with E-state index in [9.17, 15) is 8.42 Å². The van der Waals surface area contributed by atoms with E-state index in [4.69, 9.17) is 14.2 Å². The lowest BCUT2D eigenvalue weighted by molar-refractivity contribution is 0.173. The second-order valence-electron chi connectivity index (χ2n) is 4.19. The lowest BCUT2D eigenvalue weighted by atomic mass is 10.3. The summed E-state index contributed by atoms with van der Waals surface area (Å²) in [6.45, 7) is 0.623. The van der Waals surface area contributed by atoms with Crippen molar-refractivity contribution in [3.8, 4) is 17.2 Å². The van der Waals surface area contributed by atoms with Gasteiger partial charge in [-0.15, -0.1) is 11.3 Å². The van der Waals surface area contributed by atoms with E-state index in [0.29, 0.717) is 21.5 Å². The number of benzene rings is 1. The van der Waals surface area contributed by atoms with E-state index < -0.39 is 10.0 Å². The van der Waals surface area contributed by atoms with Gasteiger partial charge in [-0.25, -0.2) is 13.1 Å². The van der Waals surface area contributed by atoms with Crippen LogP contribution in [0.5, 0.6) is 17.2 Å². The van der Waals surface area contributed by atoms with Crippen molar-refractivity contribution in [3.05, 3.63) is 35.7 Å².